The predicted molar refractivity (Wildman–Crippen MR) is 112 cm³/mol. The van der Waals surface area contributed by atoms with Gasteiger partial charge in [0.25, 0.3) is 5.91 Å². The minimum absolute atomic E-state index is 0.166. The van der Waals surface area contributed by atoms with E-state index >= 15 is 0 Å². The zero-order chi connectivity index (χ0) is 20.3. The molecule has 28 heavy (non-hydrogen) atoms. The van der Waals surface area contributed by atoms with Gasteiger partial charge in [0.15, 0.2) is 0 Å². The molecule has 0 radical (unpaired) electrons. The number of hydrogen-bond acceptors (Lipinski definition) is 3. The highest BCUT2D eigenvalue weighted by Gasteiger charge is 2.19. The lowest BCUT2D eigenvalue weighted by Crippen LogP contribution is -2.29. The summed E-state index contributed by atoms with van der Waals surface area (Å²) in [5.41, 5.74) is 7.81. The largest absolute Gasteiger partial charge is 0.383 e. The third-order valence-electron chi connectivity index (χ3n) is 4.93. The minimum Gasteiger partial charge on any atom is -0.383 e. The fraction of sp³-hybridized carbons (Fsp3) is 0.304. The van der Waals surface area contributed by atoms with E-state index < -0.39 is 0 Å². The number of hydrogen-bond donors (Lipinski definition) is 1. The number of methoxy groups -OCH3 is 1. The van der Waals surface area contributed by atoms with Crippen molar-refractivity contribution in [1.82, 2.24) is 15.1 Å². The number of carbonyl (C=O) groups excluding carboxylic acids is 1. The van der Waals surface area contributed by atoms with Crippen LogP contribution in [0.1, 0.15) is 32.7 Å². The van der Waals surface area contributed by atoms with Crippen LogP contribution in [0.25, 0.3) is 16.9 Å². The lowest BCUT2D eigenvalue weighted by molar-refractivity contribution is 0.0929. The third kappa shape index (κ3) is 4.15. The molecule has 1 N–H and O–H groups in total. The molecular weight excluding hydrogens is 350 g/mol. The molecule has 3 rings (SSSR count). The second kappa shape index (κ2) is 8.40. The number of carbonyl (C=O) groups is 1. The van der Waals surface area contributed by atoms with Crippen molar-refractivity contribution in [3.05, 3.63) is 70.4 Å². The number of aromatic nitrogens is 2. The highest BCUT2D eigenvalue weighted by Crippen LogP contribution is 2.25. The first-order valence-electron chi connectivity index (χ1n) is 9.43. The van der Waals surface area contributed by atoms with Crippen molar-refractivity contribution >= 4 is 5.91 Å². The van der Waals surface area contributed by atoms with Gasteiger partial charge in [0.1, 0.15) is 5.69 Å². The van der Waals surface area contributed by atoms with Crippen molar-refractivity contribution in [3.63, 3.8) is 0 Å². The molecule has 146 valence electrons. The van der Waals surface area contributed by atoms with Crippen LogP contribution < -0.4 is 5.32 Å². The lowest BCUT2D eigenvalue weighted by Gasteiger charge is -2.11. The summed E-state index contributed by atoms with van der Waals surface area (Å²) in [4.78, 5) is 12.8. The van der Waals surface area contributed by atoms with Gasteiger partial charge in [0, 0.05) is 19.2 Å². The van der Waals surface area contributed by atoms with Gasteiger partial charge in [-0.3, -0.25) is 4.79 Å². The number of amides is 1. The number of ether oxygens (including phenoxy) is 1. The number of aryl methyl sites for hydroxylation is 4. The number of nitrogens with zero attached hydrogens (tertiary/aromatic N) is 2. The number of nitrogens with one attached hydrogen (secondary N) is 1. The Kier molecular flexibility index (Phi) is 5.95. The van der Waals surface area contributed by atoms with E-state index in [1.54, 1.807) is 11.8 Å². The molecule has 0 fully saturated rings. The molecule has 0 aliphatic rings. The predicted octanol–water partition coefficient (Wildman–Crippen LogP) is 4.15. The van der Waals surface area contributed by atoms with Crippen LogP contribution in [0.2, 0.25) is 0 Å². The standard InChI is InChI=1S/C23H27N3O2/c1-15-6-7-17(3)21(12-15)26-22(23(27)24-10-11-28-5)14-20(25-26)19-9-8-16(2)18(4)13-19/h6-9,12-14H,10-11H2,1-5H3,(H,24,27). The summed E-state index contributed by atoms with van der Waals surface area (Å²) in [6.45, 7) is 9.15. The number of benzene rings is 2. The van der Waals surface area contributed by atoms with E-state index in [1.807, 2.05) is 26.0 Å². The van der Waals surface area contributed by atoms with Gasteiger partial charge in [-0.2, -0.15) is 5.10 Å². The molecule has 3 aromatic rings. The second-order valence-electron chi connectivity index (χ2n) is 7.16. The molecule has 1 amide bonds. The molecule has 5 nitrogen and oxygen atoms in total. The van der Waals surface area contributed by atoms with Crippen molar-refractivity contribution in [2.45, 2.75) is 27.7 Å². The summed E-state index contributed by atoms with van der Waals surface area (Å²) in [6, 6.07) is 14.3. The van der Waals surface area contributed by atoms with Gasteiger partial charge in [0.2, 0.25) is 0 Å². The van der Waals surface area contributed by atoms with Gasteiger partial charge in [-0.25, -0.2) is 4.68 Å². The maximum atomic E-state index is 12.8. The molecule has 0 saturated heterocycles. The maximum absolute atomic E-state index is 12.8. The van der Waals surface area contributed by atoms with E-state index in [2.05, 4.69) is 49.5 Å². The smallest absolute Gasteiger partial charge is 0.270 e. The lowest BCUT2D eigenvalue weighted by atomic mass is 10.0. The molecule has 0 aliphatic heterocycles. The Labute approximate surface area is 166 Å². The summed E-state index contributed by atoms with van der Waals surface area (Å²) in [5.74, 6) is -0.166. The van der Waals surface area contributed by atoms with E-state index in [4.69, 9.17) is 9.84 Å². The van der Waals surface area contributed by atoms with Crippen molar-refractivity contribution in [2.24, 2.45) is 0 Å². The zero-order valence-electron chi connectivity index (χ0n) is 17.2. The van der Waals surface area contributed by atoms with E-state index in [0.717, 1.165) is 28.1 Å². The average Bonchev–Trinajstić information content (AvgIpc) is 3.11. The van der Waals surface area contributed by atoms with Gasteiger partial charge in [-0.1, -0.05) is 24.3 Å². The number of rotatable bonds is 6. The molecule has 0 bridgehead atoms. The molecule has 2 aromatic carbocycles. The van der Waals surface area contributed by atoms with Crippen LogP contribution in [0.5, 0.6) is 0 Å². The molecule has 5 heteroatoms. The molecule has 1 aromatic heterocycles. The van der Waals surface area contributed by atoms with E-state index in [1.165, 1.54) is 11.1 Å². The summed E-state index contributed by atoms with van der Waals surface area (Å²) in [6.07, 6.45) is 0. The van der Waals surface area contributed by atoms with E-state index in [-0.39, 0.29) is 5.91 Å². The molecule has 0 aliphatic carbocycles. The van der Waals surface area contributed by atoms with E-state index in [9.17, 15) is 4.79 Å². The van der Waals surface area contributed by atoms with Crippen molar-refractivity contribution in [1.29, 1.82) is 0 Å². The Balaban J connectivity index is 2.10. The normalized spacial score (nSPS) is 10.9. The Morgan fingerprint density at radius 1 is 1.00 bits per heavy atom. The van der Waals surface area contributed by atoms with Crippen LogP contribution >= 0.6 is 0 Å². The monoisotopic (exact) mass is 377 g/mol. The molecule has 0 atom stereocenters. The zero-order valence-corrected chi connectivity index (χ0v) is 17.2. The Bertz CT molecular complexity index is 1010. The first-order valence-corrected chi connectivity index (χ1v) is 9.43. The first-order chi connectivity index (χ1) is 13.4. The van der Waals surface area contributed by atoms with Crippen LogP contribution in [-0.2, 0) is 4.74 Å². The SMILES string of the molecule is COCCNC(=O)c1cc(-c2ccc(C)c(C)c2)nn1-c1cc(C)ccc1C. The third-order valence-corrected chi connectivity index (χ3v) is 4.93. The Hall–Kier alpha value is -2.92. The van der Waals surface area contributed by atoms with Gasteiger partial charge >= 0.3 is 0 Å². The topological polar surface area (TPSA) is 56.1 Å². The van der Waals surface area contributed by atoms with E-state index in [0.29, 0.717) is 18.8 Å². The minimum atomic E-state index is -0.166. The summed E-state index contributed by atoms with van der Waals surface area (Å²) in [5, 5.41) is 7.70. The molecule has 0 spiro atoms. The maximum Gasteiger partial charge on any atom is 0.270 e. The summed E-state index contributed by atoms with van der Waals surface area (Å²) < 4.78 is 6.78. The molecule has 0 saturated carbocycles. The van der Waals surface area contributed by atoms with Gasteiger partial charge in [-0.05, 0) is 68.1 Å². The molecular formula is C23H27N3O2. The Morgan fingerprint density at radius 2 is 1.75 bits per heavy atom. The second-order valence-corrected chi connectivity index (χ2v) is 7.16. The van der Waals surface area contributed by atoms with Gasteiger partial charge in [0.05, 0.1) is 18.0 Å². The summed E-state index contributed by atoms with van der Waals surface area (Å²) >= 11 is 0. The molecule has 0 unspecified atom stereocenters. The van der Waals surface area contributed by atoms with Crippen LogP contribution in [-0.4, -0.2) is 35.9 Å². The van der Waals surface area contributed by atoms with Gasteiger partial charge in [-0.15, -0.1) is 0 Å². The highest BCUT2D eigenvalue weighted by molar-refractivity contribution is 5.94. The van der Waals surface area contributed by atoms with Crippen LogP contribution in [0, 0.1) is 27.7 Å². The first kappa shape index (κ1) is 19.8. The van der Waals surface area contributed by atoms with Crippen LogP contribution in [0.3, 0.4) is 0 Å². The fourth-order valence-electron chi connectivity index (χ4n) is 3.07. The quantitative estimate of drug-likeness (QED) is 0.657. The Morgan fingerprint density at radius 3 is 2.46 bits per heavy atom. The van der Waals surface area contributed by atoms with Crippen molar-refractivity contribution in [3.8, 4) is 16.9 Å². The summed E-state index contributed by atoms with van der Waals surface area (Å²) in [7, 11) is 1.62. The van der Waals surface area contributed by atoms with Crippen molar-refractivity contribution < 1.29 is 9.53 Å². The highest BCUT2D eigenvalue weighted by atomic mass is 16.5. The fourth-order valence-corrected chi connectivity index (χ4v) is 3.07. The van der Waals surface area contributed by atoms with Crippen LogP contribution in [0.15, 0.2) is 42.5 Å². The molecule has 1 heterocycles. The van der Waals surface area contributed by atoms with Gasteiger partial charge < -0.3 is 10.1 Å². The van der Waals surface area contributed by atoms with Crippen molar-refractivity contribution in [2.75, 3.05) is 20.3 Å². The van der Waals surface area contributed by atoms with Crippen LogP contribution in [0.4, 0.5) is 0 Å². The average molecular weight is 377 g/mol.